The van der Waals surface area contributed by atoms with Gasteiger partial charge in [-0.3, -0.25) is 4.79 Å². The maximum absolute atomic E-state index is 12.3. The van der Waals surface area contributed by atoms with E-state index in [1.54, 1.807) is 0 Å². The SMILES string of the molecule is O=C1c2cc(Br)ccc2S(=O)(=O)N1CC(F)(F)F. The highest BCUT2D eigenvalue weighted by atomic mass is 79.9. The molecule has 1 aliphatic rings. The largest absolute Gasteiger partial charge is 0.407 e. The van der Waals surface area contributed by atoms with E-state index in [1.807, 2.05) is 0 Å². The molecule has 0 bridgehead atoms. The first-order chi connectivity index (χ1) is 8.13. The second-order valence-corrected chi connectivity index (χ2v) is 6.32. The molecule has 0 radical (unpaired) electrons. The summed E-state index contributed by atoms with van der Waals surface area (Å²) >= 11 is 3.02. The highest BCUT2D eigenvalue weighted by Gasteiger charge is 2.46. The monoisotopic (exact) mass is 343 g/mol. The van der Waals surface area contributed by atoms with E-state index in [4.69, 9.17) is 0 Å². The zero-order chi connectivity index (χ0) is 13.7. The maximum atomic E-state index is 12.3. The molecule has 1 aliphatic heterocycles. The number of nitrogens with zero attached hydrogens (tertiary/aromatic N) is 1. The molecule has 0 saturated carbocycles. The van der Waals surface area contributed by atoms with Crippen LogP contribution in [0.1, 0.15) is 10.4 Å². The standard InChI is InChI=1S/C9H5BrF3NO3S/c10-5-1-2-7-6(3-5)8(15)14(18(7,16)17)4-9(11,12)13/h1-3H,4H2. The molecule has 2 rings (SSSR count). The summed E-state index contributed by atoms with van der Waals surface area (Å²) in [6, 6.07) is 3.63. The van der Waals surface area contributed by atoms with Crippen LogP contribution in [0.2, 0.25) is 0 Å². The minimum Gasteiger partial charge on any atom is -0.268 e. The van der Waals surface area contributed by atoms with E-state index in [-0.39, 0.29) is 9.87 Å². The van der Waals surface area contributed by atoms with Crippen molar-refractivity contribution in [2.75, 3.05) is 6.54 Å². The zero-order valence-electron chi connectivity index (χ0n) is 8.53. The lowest BCUT2D eigenvalue weighted by molar-refractivity contribution is -0.132. The van der Waals surface area contributed by atoms with Crippen LogP contribution in [0.4, 0.5) is 13.2 Å². The summed E-state index contributed by atoms with van der Waals surface area (Å²) in [6.45, 7) is -1.82. The molecule has 1 aromatic rings. The van der Waals surface area contributed by atoms with Gasteiger partial charge in [0.2, 0.25) is 0 Å². The normalized spacial score (nSPS) is 18.0. The van der Waals surface area contributed by atoms with Crippen molar-refractivity contribution in [3.63, 3.8) is 0 Å². The molecule has 0 unspecified atom stereocenters. The quantitative estimate of drug-likeness (QED) is 0.785. The van der Waals surface area contributed by atoms with Gasteiger partial charge in [0.1, 0.15) is 11.4 Å². The molecule has 1 amide bonds. The molecule has 4 nitrogen and oxygen atoms in total. The molecule has 0 N–H and O–H groups in total. The Balaban J connectivity index is 2.55. The summed E-state index contributed by atoms with van der Waals surface area (Å²) in [5.74, 6) is -1.16. The van der Waals surface area contributed by atoms with Crippen molar-refractivity contribution in [3.05, 3.63) is 28.2 Å². The van der Waals surface area contributed by atoms with Crippen LogP contribution in [0.25, 0.3) is 0 Å². The third-order valence-corrected chi connectivity index (χ3v) is 4.57. The Bertz CT molecular complexity index is 626. The summed E-state index contributed by atoms with van der Waals surface area (Å²) in [5, 5.41) is 0. The number of halogens is 4. The van der Waals surface area contributed by atoms with Gasteiger partial charge in [0.15, 0.2) is 0 Å². The van der Waals surface area contributed by atoms with Crippen LogP contribution < -0.4 is 0 Å². The Hall–Kier alpha value is -1.09. The summed E-state index contributed by atoms with van der Waals surface area (Å²) in [6.07, 6.45) is -4.78. The number of hydrogen-bond acceptors (Lipinski definition) is 3. The van der Waals surface area contributed by atoms with Gasteiger partial charge in [-0.15, -0.1) is 0 Å². The first kappa shape index (κ1) is 13.3. The van der Waals surface area contributed by atoms with Gasteiger partial charge >= 0.3 is 6.18 Å². The van der Waals surface area contributed by atoms with Gasteiger partial charge in [-0.25, -0.2) is 12.7 Å². The van der Waals surface area contributed by atoms with Crippen LogP contribution in [0.15, 0.2) is 27.6 Å². The number of fused-ring (bicyclic) bond motifs is 1. The molecule has 0 fully saturated rings. The summed E-state index contributed by atoms with van der Waals surface area (Å²) < 4.78 is 60.6. The fraction of sp³-hybridized carbons (Fsp3) is 0.222. The van der Waals surface area contributed by atoms with Crippen LogP contribution in [0.5, 0.6) is 0 Å². The highest BCUT2D eigenvalue weighted by Crippen LogP contribution is 2.34. The topological polar surface area (TPSA) is 54.5 Å². The first-order valence-electron chi connectivity index (χ1n) is 4.56. The molecule has 1 aromatic carbocycles. The molecular formula is C9H5BrF3NO3S. The maximum Gasteiger partial charge on any atom is 0.407 e. The average molecular weight is 344 g/mol. The van der Waals surface area contributed by atoms with E-state index in [0.29, 0.717) is 4.47 Å². The fourth-order valence-electron chi connectivity index (χ4n) is 1.58. The number of sulfonamides is 1. The van der Waals surface area contributed by atoms with E-state index in [1.165, 1.54) is 12.1 Å². The molecule has 0 aliphatic carbocycles. The number of rotatable bonds is 1. The predicted octanol–water partition coefficient (Wildman–Crippen LogP) is 2.16. The Morgan fingerprint density at radius 3 is 2.44 bits per heavy atom. The minimum absolute atomic E-state index is 0.163. The summed E-state index contributed by atoms with van der Waals surface area (Å²) in [4.78, 5) is 11.3. The van der Waals surface area contributed by atoms with Crippen molar-refractivity contribution in [1.82, 2.24) is 4.31 Å². The molecule has 0 saturated heterocycles. The van der Waals surface area contributed by atoms with E-state index in [9.17, 15) is 26.4 Å². The van der Waals surface area contributed by atoms with Crippen LogP contribution in [0, 0.1) is 0 Å². The Labute approximate surface area is 109 Å². The van der Waals surface area contributed by atoms with Crippen molar-refractivity contribution < 1.29 is 26.4 Å². The molecule has 0 aromatic heterocycles. The molecular weight excluding hydrogens is 339 g/mol. The third-order valence-electron chi connectivity index (χ3n) is 2.29. The number of amides is 1. The van der Waals surface area contributed by atoms with E-state index < -0.39 is 33.5 Å². The van der Waals surface area contributed by atoms with E-state index in [0.717, 1.165) is 6.07 Å². The predicted molar refractivity (Wildman–Crippen MR) is 58.4 cm³/mol. The van der Waals surface area contributed by atoms with E-state index in [2.05, 4.69) is 15.9 Å². The van der Waals surface area contributed by atoms with Gasteiger partial charge in [-0.05, 0) is 18.2 Å². The smallest absolute Gasteiger partial charge is 0.268 e. The molecule has 1 heterocycles. The number of hydrogen-bond donors (Lipinski definition) is 0. The van der Waals surface area contributed by atoms with Gasteiger partial charge < -0.3 is 0 Å². The molecule has 0 spiro atoms. The van der Waals surface area contributed by atoms with E-state index >= 15 is 0 Å². The Morgan fingerprint density at radius 2 is 1.89 bits per heavy atom. The Kier molecular flexibility index (Phi) is 2.93. The lowest BCUT2D eigenvalue weighted by atomic mass is 10.2. The second kappa shape index (κ2) is 3.95. The molecule has 18 heavy (non-hydrogen) atoms. The number of carbonyl (C=O) groups excluding carboxylic acids is 1. The van der Waals surface area contributed by atoms with Crippen LogP contribution in [-0.4, -0.2) is 31.4 Å². The lowest BCUT2D eigenvalue weighted by Gasteiger charge is -2.16. The zero-order valence-corrected chi connectivity index (χ0v) is 10.9. The Morgan fingerprint density at radius 1 is 1.28 bits per heavy atom. The fourth-order valence-corrected chi connectivity index (χ4v) is 3.47. The van der Waals surface area contributed by atoms with Crippen LogP contribution in [0.3, 0.4) is 0 Å². The molecule has 9 heteroatoms. The van der Waals surface area contributed by atoms with Gasteiger partial charge in [0, 0.05) is 4.47 Å². The number of alkyl halides is 3. The van der Waals surface area contributed by atoms with Crippen LogP contribution >= 0.6 is 15.9 Å². The van der Waals surface area contributed by atoms with Gasteiger partial charge in [0.25, 0.3) is 15.9 Å². The summed E-state index contributed by atoms with van der Waals surface area (Å²) in [5.41, 5.74) is -0.256. The lowest BCUT2D eigenvalue weighted by Crippen LogP contribution is -2.38. The van der Waals surface area contributed by atoms with Crippen LogP contribution in [-0.2, 0) is 10.0 Å². The number of carbonyl (C=O) groups is 1. The average Bonchev–Trinajstić information content (AvgIpc) is 2.38. The molecule has 0 atom stereocenters. The van der Waals surface area contributed by atoms with Gasteiger partial charge in [-0.2, -0.15) is 13.2 Å². The van der Waals surface area contributed by atoms with Crippen molar-refractivity contribution in [2.45, 2.75) is 11.1 Å². The number of benzene rings is 1. The second-order valence-electron chi connectivity index (χ2n) is 3.57. The minimum atomic E-state index is -4.78. The van der Waals surface area contributed by atoms with Crippen molar-refractivity contribution >= 4 is 31.9 Å². The first-order valence-corrected chi connectivity index (χ1v) is 6.79. The van der Waals surface area contributed by atoms with Crippen molar-refractivity contribution in [3.8, 4) is 0 Å². The van der Waals surface area contributed by atoms with Gasteiger partial charge in [0.05, 0.1) is 5.56 Å². The van der Waals surface area contributed by atoms with Crippen molar-refractivity contribution in [1.29, 1.82) is 0 Å². The third kappa shape index (κ3) is 2.12. The highest BCUT2D eigenvalue weighted by molar-refractivity contribution is 9.10. The van der Waals surface area contributed by atoms with Crippen molar-refractivity contribution in [2.24, 2.45) is 0 Å². The van der Waals surface area contributed by atoms with Gasteiger partial charge in [-0.1, -0.05) is 15.9 Å². The molecule has 98 valence electrons. The summed E-state index contributed by atoms with van der Waals surface area (Å²) in [7, 11) is -4.40.